The SMILES string of the molecule is O=C(CCl)OCC(F)(F)C(F)(F)C(F)(F)F. The molecule has 0 saturated heterocycles. The lowest BCUT2D eigenvalue weighted by Gasteiger charge is -2.27. The van der Waals surface area contributed by atoms with Crippen molar-refractivity contribution in [2.45, 2.75) is 18.0 Å². The smallest absolute Gasteiger partial charge is 0.458 e. The molecule has 0 aliphatic rings. The third-order valence-corrected chi connectivity index (χ3v) is 1.56. The van der Waals surface area contributed by atoms with Crippen molar-refractivity contribution in [3.8, 4) is 0 Å². The van der Waals surface area contributed by atoms with Crippen LogP contribution in [0.25, 0.3) is 0 Å². The Balaban J connectivity index is 4.72. The van der Waals surface area contributed by atoms with Crippen LogP contribution in [0.2, 0.25) is 0 Å². The Kier molecular flexibility index (Phi) is 4.43. The minimum absolute atomic E-state index is 0.937. The van der Waals surface area contributed by atoms with Crippen LogP contribution in [0.3, 0.4) is 0 Å². The van der Waals surface area contributed by atoms with E-state index >= 15 is 0 Å². The summed E-state index contributed by atoms with van der Waals surface area (Å²) in [6.07, 6.45) is -6.44. The lowest BCUT2D eigenvalue weighted by atomic mass is 10.2. The molecule has 0 radical (unpaired) electrons. The van der Waals surface area contributed by atoms with Gasteiger partial charge in [0.25, 0.3) is 0 Å². The molecule has 0 bridgehead atoms. The number of carbonyl (C=O) groups excluding carboxylic acids is 1. The van der Waals surface area contributed by atoms with Gasteiger partial charge in [0.1, 0.15) is 5.88 Å². The number of carbonyl (C=O) groups is 1. The number of halogens is 8. The predicted octanol–water partition coefficient (Wildman–Crippen LogP) is 2.60. The first kappa shape index (κ1) is 15.3. The molecule has 16 heavy (non-hydrogen) atoms. The Morgan fingerprint density at radius 1 is 1.06 bits per heavy atom. The molecule has 0 spiro atoms. The highest BCUT2D eigenvalue weighted by Crippen LogP contribution is 2.46. The molecule has 0 aromatic heterocycles. The molecule has 2 nitrogen and oxygen atoms in total. The van der Waals surface area contributed by atoms with Crippen LogP contribution in [0.4, 0.5) is 30.7 Å². The number of hydrogen-bond acceptors (Lipinski definition) is 2. The fourth-order valence-corrected chi connectivity index (χ4v) is 0.585. The first-order chi connectivity index (χ1) is 6.95. The molecule has 0 heterocycles. The van der Waals surface area contributed by atoms with Crippen molar-refractivity contribution in [3.05, 3.63) is 0 Å². The fourth-order valence-electron chi connectivity index (χ4n) is 0.508. The van der Waals surface area contributed by atoms with E-state index < -0.39 is 36.5 Å². The van der Waals surface area contributed by atoms with Gasteiger partial charge in [0, 0.05) is 0 Å². The van der Waals surface area contributed by atoms with Crippen molar-refractivity contribution in [1.82, 2.24) is 0 Å². The second kappa shape index (κ2) is 4.64. The van der Waals surface area contributed by atoms with Crippen LogP contribution in [0.1, 0.15) is 0 Å². The van der Waals surface area contributed by atoms with Crippen LogP contribution < -0.4 is 0 Å². The summed E-state index contributed by atoms with van der Waals surface area (Å²) in [7, 11) is 0. The molecule has 0 aliphatic carbocycles. The third kappa shape index (κ3) is 3.13. The zero-order valence-electron chi connectivity index (χ0n) is 7.25. The van der Waals surface area contributed by atoms with E-state index in [4.69, 9.17) is 11.6 Å². The Bertz CT molecular complexity index is 262. The second-order valence-electron chi connectivity index (χ2n) is 2.57. The van der Waals surface area contributed by atoms with E-state index in [0.717, 1.165) is 0 Å². The normalized spacial score (nSPS) is 13.8. The summed E-state index contributed by atoms with van der Waals surface area (Å²) in [6, 6.07) is 0. The molecule has 0 amide bonds. The predicted molar refractivity (Wildman–Crippen MR) is 37.6 cm³/mol. The largest absolute Gasteiger partial charge is 0.460 e. The van der Waals surface area contributed by atoms with Crippen LogP contribution in [0.15, 0.2) is 0 Å². The quantitative estimate of drug-likeness (QED) is 0.448. The van der Waals surface area contributed by atoms with Crippen molar-refractivity contribution in [3.63, 3.8) is 0 Å². The van der Waals surface area contributed by atoms with E-state index in [0.29, 0.717) is 0 Å². The van der Waals surface area contributed by atoms with Crippen molar-refractivity contribution in [1.29, 1.82) is 0 Å². The summed E-state index contributed by atoms with van der Waals surface area (Å²) in [5, 5.41) is 0. The molecule has 96 valence electrons. The maximum Gasteiger partial charge on any atom is 0.460 e. The Morgan fingerprint density at radius 3 is 1.81 bits per heavy atom. The molecule has 0 aliphatic heterocycles. The highest BCUT2D eigenvalue weighted by atomic mass is 35.5. The van der Waals surface area contributed by atoms with Gasteiger partial charge in [0.2, 0.25) is 0 Å². The molecular weight excluding hydrogens is 273 g/mol. The number of ether oxygens (including phenoxy) is 1. The van der Waals surface area contributed by atoms with Gasteiger partial charge in [-0.05, 0) is 0 Å². The number of alkyl halides is 8. The summed E-state index contributed by atoms with van der Waals surface area (Å²) in [5.74, 6) is -14.3. The monoisotopic (exact) mass is 276 g/mol. The standard InChI is InChI=1S/C6H4ClF7O2/c7-1-3(15)16-2-4(8,9)5(10,11)6(12,13)14/h1-2H2. The van der Waals surface area contributed by atoms with Gasteiger partial charge >= 0.3 is 24.0 Å². The Morgan fingerprint density at radius 2 is 1.50 bits per heavy atom. The van der Waals surface area contributed by atoms with E-state index in [1.165, 1.54) is 0 Å². The van der Waals surface area contributed by atoms with Crippen molar-refractivity contribution in [2.75, 3.05) is 12.5 Å². The van der Waals surface area contributed by atoms with Crippen LogP contribution in [0.5, 0.6) is 0 Å². The minimum Gasteiger partial charge on any atom is -0.458 e. The van der Waals surface area contributed by atoms with Crippen LogP contribution >= 0.6 is 11.6 Å². The molecule has 0 rings (SSSR count). The van der Waals surface area contributed by atoms with E-state index in [2.05, 4.69) is 4.74 Å². The maximum atomic E-state index is 12.4. The molecule has 0 aromatic rings. The first-order valence-electron chi connectivity index (χ1n) is 3.49. The topological polar surface area (TPSA) is 26.3 Å². The van der Waals surface area contributed by atoms with Crippen LogP contribution in [-0.4, -0.2) is 36.5 Å². The van der Waals surface area contributed by atoms with Crippen molar-refractivity contribution in [2.24, 2.45) is 0 Å². The summed E-state index contributed by atoms with van der Waals surface area (Å²) in [4.78, 5) is 10.2. The van der Waals surface area contributed by atoms with Gasteiger partial charge in [-0.3, -0.25) is 4.79 Å². The average molecular weight is 277 g/mol. The highest BCUT2D eigenvalue weighted by Gasteiger charge is 2.73. The van der Waals surface area contributed by atoms with E-state index in [-0.39, 0.29) is 0 Å². The van der Waals surface area contributed by atoms with E-state index in [9.17, 15) is 35.5 Å². The summed E-state index contributed by atoms with van der Waals surface area (Å²) < 4.78 is 87.2. The van der Waals surface area contributed by atoms with Gasteiger partial charge < -0.3 is 4.74 Å². The van der Waals surface area contributed by atoms with Crippen molar-refractivity contribution >= 4 is 17.6 Å². The summed E-state index contributed by atoms with van der Waals surface area (Å²) in [5.41, 5.74) is 0. The van der Waals surface area contributed by atoms with Crippen LogP contribution in [-0.2, 0) is 9.53 Å². The number of esters is 1. The second-order valence-corrected chi connectivity index (χ2v) is 2.84. The van der Waals surface area contributed by atoms with Gasteiger partial charge in [-0.15, -0.1) is 11.6 Å². The van der Waals surface area contributed by atoms with Gasteiger partial charge in [-0.1, -0.05) is 0 Å². The molecule has 0 aromatic carbocycles. The lowest BCUT2D eigenvalue weighted by molar-refractivity contribution is -0.359. The van der Waals surface area contributed by atoms with Crippen molar-refractivity contribution < 1.29 is 40.3 Å². The number of rotatable bonds is 4. The molecular formula is C6H4ClF7O2. The fraction of sp³-hybridized carbons (Fsp3) is 0.833. The molecule has 0 unspecified atom stereocenters. The Labute approximate surface area is 89.3 Å². The van der Waals surface area contributed by atoms with Gasteiger partial charge in [-0.2, -0.15) is 30.7 Å². The molecule has 0 atom stereocenters. The summed E-state index contributed by atoms with van der Waals surface area (Å²) in [6.45, 7) is -2.40. The van der Waals surface area contributed by atoms with Gasteiger partial charge in [-0.25, -0.2) is 0 Å². The average Bonchev–Trinajstić information content (AvgIpc) is 2.12. The maximum absolute atomic E-state index is 12.4. The van der Waals surface area contributed by atoms with E-state index in [1.807, 2.05) is 0 Å². The zero-order chi connectivity index (χ0) is 13.2. The van der Waals surface area contributed by atoms with Gasteiger partial charge in [0.15, 0.2) is 6.61 Å². The number of hydrogen-bond donors (Lipinski definition) is 0. The summed E-state index contributed by atoms with van der Waals surface area (Å²) >= 11 is 4.76. The Hall–Kier alpha value is -0.730. The minimum atomic E-state index is -6.44. The van der Waals surface area contributed by atoms with E-state index in [1.54, 1.807) is 0 Å². The van der Waals surface area contributed by atoms with Gasteiger partial charge in [0.05, 0.1) is 0 Å². The molecule has 0 saturated carbocycles. The zero-order valence-corrected chi connectivity index (χ0v) is 8.01. The molecule has 0 N–H and O–H groups in total. The molecule has 10 heteroatoms. The van der Waals surface area contributed by atoms with Crippen LogP contribution in [0, 0.1) is 0 Å². The first-order valence-corrected chi connectivity index (χ1v) is 4.03. The lowest BCUT2D eigenvalue weighted by Crippen LogP contribution is -2.54. The third-order valence-electron chi connectivity index (χ3n) is 1.34. The molecule has 0 fully saturated rings. The highest BCUT2D eigenvalue weighted by molar-refractivity contribution is 6.26.